The predicted octanol–water partition coefficient (Wildman–Crippen LogP) is 1.51. The maximum absolute atomic E-state index is 13.9. The molecule has 2 aliphatic heterocycles. The van der Waals surface area contributed by atoms with Gasteiger partial charge in [0.05, 0.1) is 0 Å². The van der Waals surface area contributed by atoms with Crippen LogP contribution in [0.2, 0.25) is 0 Å². The van der Waals surface area contributed by atoms with Gasteiger partial charge in [0, 0.05) is 25.4 Å². The number of phenols is 1. The van der Waals surface area contributed by atoms with Gasteiger partial charge in [-0.15, -0.1) is 0 Å². The zero-order chi connectivity index (χ0) is 33.2. The number of nitrogens with one attached hydrogen (secondary N) is 3. The van der Waals surface area contributed by atoms with Crippen LogP contribution < -0.4 is 21.7 Å². The molecule has 4 rings (SSSR count). The molecule has 0 bridgehead atoms. The average molecular weight is 636 g/mol. The zero-order valence-electron chi connectivity index (χ0n) is 25.6. The van der Waals surface area contributed by atoms with Crippen molar-refractivity contribution in [3.8, 4) is 5.75 Å². The van der Waals surface area contributed by atoms with Crippen LogP contribution in [0.3, 0.4) is 0 Å². The first-order chi connectivity index (χ1) is 22.0. The molecule has 1 unspecified atom stereocenters. The maximum atomic E-state index is 13.9. The molecule has 2 aliphatic rings. The van der Waals surface area contributed by atoms with E-state index in [9.17, 15) is 39.0 Å². The summed E-state index contributed by atoms with van der Waals surface area (Å²) in [6.07, 6.45) is 3.70. The van der Waals surface area contributed by atoms with Crippen LogP contribution in [0.25, 0.3) is 0 Å². The van der Waals surface area contributed by atoms with Gasteiger partial charge >= 0.3 is 5.97 Å². The minimum Gasteiger partial charge on any atom is -0.507 e. The topological polar surface area (TPSA) is 208 Å². The number of fused-ring (bicyclic) bond motifs is 1. The monoisotopic (exact) mass is 635 g/mol. The van der Waals surface area contributed by atoms with E-state index in [4.69, 9.17) is 5.73 Å². The molecule has 7 N–H and O–H groups in total. The number of aryl methyl sites for hydroxylation is 1. The summed E-state index contributed by atoms with van der Waals surface area (Å²) in [5, 5.41) is 27.3. The number of carbonyl (C=O) groups excluding carboxylic acids is 5. The average Bonchev–Trinajstić information content (AvgIpc) is 3.45. The first kappa shape index (κ1) is 33.9. The van der Waals surface area contributed by atoms with E-state index in [1.165, 1.54) is 18.2 Å². The van der Waals surface area contributed by atoms with E-state index in [-0.39, 0.29) is 55.5 Å². The summed E-state index contributed by atoms with van der Waals surface area (Å²) >= 11 is 0. The van der Waals surface area contributed by atoms with Crippen LogP contribution in [0, 0.1) is 0 Å². The van der Waals surface area contributed by atoms with Gasteiger partial charge < -0.3 is 36.8 Å². The number of rotatable bonds is 13. The SMILES string of the molecule is NC(=O)CC[C@H](NC(=O)[C@@H]1CCC2CCCC[C@H](NC(=O)CCc3ccc(O)c(C(=O)O)c3)C(=O)N21)C(=O)NCc1ccccc1. The molecule has 0 spiro atoms. The van der Waals surface area contributed by atoms with Crippen LogP contribution >= 0.6 is 0 Å². The summed E-state index contributed by atoms with van der Waals surface area (Å²) < 4.78 is 0. The summed E-state index contributed by atoms with van der Waals surface area (Å²) in [5.74, 6) is -4.01. The van der Waals surface area contributed by atoms with Crippen molar-refractivity contribution in [1.29, 1.82) is 0 Å². The first-order valence-corrected chi connectivity index (χ1v) is 15.6. The summed E-state index contributed by atoms with van der Waals surface area (Å²) in [6, 6.07) is 10.4. The number of hydrogen-bond donors (Lipinski definition) is 6. The van der Waals surface area contributed by atoms with Crippen molar-refractivity contribution in [3.63, 3.8) is 0 Å². The molecule has 0 radical (unpaired) electrons. The normalized spacial score (nSPS) is 20.0. The maximum Gasteiger partial charge on any atom is 0.339 e. The summed E-state index contributed by atoms with van der Waals surface area (Å²) in [6.45, 7) is 0.230. The van der Waals surface area contributed by atoms with Gasteiger partial charge in [-0.25, -0.2) is 4.79 Å². The predicted molar refractivity (Wildman–Crippen MR) is 166 cm³/mol. The van der Waals surface area contributed by atoms with E-state index < -0.39 is 47.7 Å². The number of benzene rings is 2. The molecule has 46 heavy (non-hydrogen) atoms. The lowest BCUT2D eigenvalue weighted by Gasteiger charge is -2.35. The van der Waals surface area contributed by atoms with Crippen molar-refractivity contribution in [3.05, 3.63) is 65.2 Å². The van der Waals surface area contributed by atoms with Gasteiger partial charge in [0.1, 0.15) is 29.4 Å². The molecule has 0 saturated carbocycles. The Morgan fingerprint density at radius 3 is 2.39 bits per heavy atom. The number of carboxylic acid groups (broad SMARTS) is 1. The summed E-state index contributed by atoms with van der Waals surface area (Å²) in [7, 11) is 0. The van der Waals surface area contributed by atoms with E-state index in [1.54, 1.807) is 4.90 Å². The molecular formula is C33H41N5O8. The molecule has 0 aliphatic carbocycles. The fourth-order valence-corrected chi connectivity index (χ4v) is 6.09. The third-order valence-corrected chi connectivity index (χ3v) is 8.53. The van der Waals surface area contributed by atoms with Gasteiger partial charge in [-0.2, -0.15) is 0 Å². The highest BCUT2D eigenvalue weighted by atomic mass is 16.4. The van der Waals surface area contributed by atoms with Crippen molar-refractivity contribution in [2.75, 3.05) is 0 Å². The van der Waals surface area contributed by atoms with Crippen molar-refractivity contribution >= 4 is 35.5 Å². The van der Waals surface area contributed by atoms with E-state index in [0.29, 0.717) is 37.7 Å². The highest BCUT2D eigenvalue weighted by Crippen LogP contribution is 2.31. The number of amides is 5. The molecular weight excluding hydrogens is 594 g/mol. The Hall–Kier alpha value is -4.94. The number of carbonyl (C=O) groups is 6. The Labute approximate surface area is 266 Å². The second-order valence-corrected chi connectivity index (χ2v) is 11.8. The largest absolute Gasteiger partial charge is 0.507 e. The van der Waals surface area contributed by atoms with E-state index >= 15 is 0 Å². The van der Waals surface area contributed by atoms with Crippen molar-refractivity contribution in [2.24, 2.45) is 5.73 Å². The van der Waals surface area contributed by atoms with Crippen molar-refractivity contribution in [1.82, 2.24) is 20.9 Å². The zero-order valence-corrected chi connectivity index (χ0v) is 25.6. The van der Waals surface area contributed by atoms with Gasteiger partial charge in [-0.3, -0.25) is 24.0 Å². The third-order valence-electron chi connectivity index (χ3n) is 8.53. The number of nitrogens with two attached hydrogens (primary N) is 1. The van der Waals surface area contributed by atoms with E-state index in [2.05, 4.69) is 16.0 Å². The van der Waals surface area contributed by atoms with Crippen LogP contribution in [0.15, 0.2) is 48.5 Å². The Balaban J connectivity index is 1.40. The Kier molecular flexibility index (Phi) is 11.7. The number of carboxylic acids is 1. The first-order valence-electron chi connectivity index (χ1n) is 15.6. The third kappa shape index (κ3) is 9.05. The lowest BCUT2D eigenvalue weighted by atomic mass is 9.98. The number of aromatic hydroxyl groups is 1. The molecule has 13 nitrogen and oxygen atoms in total. The fraction of sp³-hybridized carbons (Fsp3) is 0.455. The molecule has 0 aromatic heterocycles. The van der Waals surface area contributed by atoms with Crippen LogP contribution in [0.5, 0.6) is 5.75 Å². The lowest BCUT2D eigenvalue weighted by Crippen LogP contribution is -2.58. The van der Waals surface area contributed by atoms with Crippen molar-refractivity contribution < 1.29 is 39.0 Å². The summed E-state index contributed by atoms with van der Waals surface area (Å²) in [5.41, 5.74) is 6.47. The fourth-order valence-electron chi connectivity index (χ4n) is 6.09. The Bertz CT molecular complexity index is 1450. The molecule has 2 fully saturated rings. The second kappa shape index (κ2) is 15.9. The van der Waals surface area contributed by atoms with E-state index in [0.717, 1.165) is 12.0 Å². The molecule has 4 atom stereocenters. The molecule has 2 aromatic carbocycles. The smallest absolute Gasteiger partial charge is 0.339 e. The molecule has 13 heteroatoms. The minimum absolute atomic E-state index is 0.000533. The van der Waals surface area contributed by atoms with Gasteiger partial charge in [-0.1, -0.05) is 49.2 Å². The van der Waals surface area contributed by atoms with Gasteiger partial charge in [0.15, 0.2) is 0 Å². The van der Waals surface area contributed by atoms with Gasteiger partial charge in [0.25, 0.3) is 0 Å². The number of primary amides is 1. The van der Waals surface area contributed by atoms with Crippen LogP contribution in [-0.4, -0.2) is 74.8 Å². The van der Waals surface area contributed by atoms with Crippen molar-refractivity contribution in [2.45, 2.75) is 94.9 Å². The van der Waals surface area contributed by atoms with Gasteiger partial charge in [-0.05, 0) is 61.8 Å². The molecule has 246 valence electrons. The minimum atomic E-state index is -1.28. The molecule has 2 aromatic rings. The van der Waals surface area contributed by atoms with Crippen LogP contribution in [0.1, 0.15) is 79.3 Å². The van der Waals surface area contributed by atoms with E-state index in [1.807, 2.05) is 30.3 Å². The quantitative estimate of drug-likeness (QED) is 0.190. The molecule has 2 saturated heterocycles. The number of aromatic carboxylic acids is 1. The highest BCUT2D eigenvalue weighted by molar-refractivity contribution is 5.95. The summed E-state index contributed by atoms with van der Waals surface area (Å²) in [4.78, 5) is 77.9. The Morgan fingerprint density at radius 1 is 0.935 bits per heavy atom. The van der Waals surface area contributed by atoms with Gasteiger partial charge in [0.2, 0.25) is 29.5 Å². The number of hydrogen-bond acceptors (Lipinski definition) is 7. The Morgan fingerprint density at radius 2 is 1.67 bits per heavy atom. The lowest BCUT2D eigenvalue weighted by molar-refractivity contribution is -0.144. The number of nitrogens with zero attached hydrogens (tertiary/aromatic N) is 1. The van der Waals surface area contributed by atoms with Crippen LogP contribution in [-0.2, 0) is 36.9 Å². The van der Waals surface area contributed by atoms with Crippen LogP contribution in [0.4, 0.5) is 0 Å². The molecule has 2 heterocycles. The molecule has 5 amide bonds. The highest BCUT2D eigenvalue weighted by Gasteiger charge is 2.44. The second-order valence-electron chi connectivity index (χ2n) is 11.8. The standard InChI is InChI=1S/C33H41N5O8/c34-28(40)16-13-24(30(42)35-19-21-6-2-1-3-7-21)37-31(43)26-14-12-22-8-4-5-9-25(32(44)38(22)26)36-29(41)17-11-20-10-15-27(39)23(18-20)33(45)46/h1-3,6-7,10,15,18,22,24-26,39H,4-5,8-9,11-14,16-17,19H2,(H2,34,40)(H,35,42)(H,36,41)(H,37,43)(H,45,46)/t22?,24-,25-,26-/m0/s1.